The van der Waals surface area contributed by atoms with Crippen molar-refractivity contribution in [2.24, 2.45) is 0 Å². The number of benzene rings is 3. The molecule has 0 unspecified atom stereocenters. The third-order valence-electron chi connectivity index (χ3n) is 5.80. The maximum atomic E-state index is 12.8. The minimum Gasteiger partial charge on any atom is -0.324 e. The Morgan fingerprint density at radius 1 is 1.06 bits per heavy atom. The van der Waals surface area contributed by atoms with Gasteiger partial charge in [-0.05, 0) is 42.8 Å². The molecule has 9 nitrogen and oxygen atoms in total. The smallest absolute Gasteiger partial charge is 0.282 e. The van der Waals surface area contributed by atoms with Crippen LogP contribution >= 0.6 is 11.3 Å². The molecule has 0 spiro atoms. The SMILES string of the molecule is C[C@@H](C(=O)Nc1ccc(Cc2nc3ccccc3s2)cc1)N1C(=O)c2cccc([N+](=O)[O-])c2C1=O. The molecule has 0 radical (unpaired) electrons. The molecule has 1 aliphatic heterocycles. The maximum Gasteiger partial charge on any atom is 0.282 e. The zero-order chi connectivity index (χ0) is 24.7. The number of para-hydroxylation sites is 1. The van der Waals surface area contributed by atoms with Gasteiger partial charge < -0.3 is 5.32 Å². The summed E-state index contributed by atoms with van der Waals surface area (Å²) in [7, 11) is 0. The Bertz CT molecular complexity index is 1480. The van der Waals surface area contributed by atoms with Gasteiger partial charge in [-0.2, -0.15) is 0 Å². The molecule has 1 N–H and O–H groups in total. The van der Waals surface area contributed by atoms with Crippen molar-refractivity contribution in [3.8, 4) is 0 Å². The summed E-state index contributed by atoms with van der Waals surface area (Å²) in [6, 6.07) is 17.8. The number of carbonyl (C=O) groups is 3. The summed E-state index contributed by atoms with van der Waals surface area (Å²) in [4.78, 5) is 54.4. The van der Waals surface area contributed by atoms with Crippen molar-refractivity contribution < 1.29 is 19.3 Å². The quantitative estimate of drug-likeness (QED) is 0.245. The molecule has 1 aliphatic rings. The molecule has 3 aromatic carbocycles. The van der Waals surface area contributed by atoms with E-state index in [4.69, 9.17) is 0 Å². The van der Waals surface area contributed by atoms with E-state index in [1.807, 2.05) is 36.4 Å². The number of carbonyl (C=O) groups excluding carboxylic acids is 3. The van der Waals surface area contributed by atoms with Gasteiger partial charge in [0.15, 0.2) is 0 Å². The molecule has 0 saturated carbocycles. The first-order valence-corrected chi connectivity index (χ1v) is 11.5. The predicted molar refractivity (Wildman–Crippen MR) is 131 cm³/mol. The largest absolute Gasteiger partial charge is 0.324 e. The number of nitrogens with zero attached hydrogens (tertiary/aromatic N) is 3. The summed E-state index contributed by atoms with van der Waals surface area (Å²) in [5.41, 5.74) is 1.65. The monoisotopic (exact) mass is 486 g/mol. The van der Waals surface area contributed by atoms with Crippen molar-refractivity contribution in [2.45, 2.75) is 19.4 Å². The van der Waals surface area contributed by atoms with Crippen molar-refractivity contribution in [1.29, 1.82) is 0 Å². The first-order valence-electron chi connectivity index (χ1n) is 10.7. The lowest BCUT2D eigenvalue weighted by molar-refractivity contribution is -0.385. The van der Waals surface area contributed by atoms with E-state index < -0.39 is 34.4 Å². The van der Waals surface area contributed by atoms with Gasteiger partial charge in [0.25, 0.3) is 17.5 Å². The summed E-state index contributed by atoms with van der Waals surface area (Å²) in [5, 5.41) is 15.0. The van der Waals surface area contributed by atoms with Crippen LogP contribution < -0.4 is 5.32 Å². The van der Waals surface area contributed by atoms with Crippen LogP contribution in [-0.2, 0) is 11.2 Å². The molecule has 5 rings (SSSR count). The van der Waals surface area contributed by atoms with E-state index in [1.54, 1.807) is 23.5 Å². The van der Waals surface area contributed by atoms with Crippen LogP contribution in [0.2, 0.25) is 0 Å². The molecule has 0 bridgehead atoms. The highest BCUT2D eigenvalue weighted by Crippen LogP contribution is 2.32. The lowest BCUT2D eigenvalue weighted by atomic mass is 10.1. The van der Waals surface area contributed by atoms with Gasteiger partial charge in [0.2, 0.25) is 5.91 Å². The highest BCUT2D eigenvalue weighted by Gasteiger charge is 2.44. The second kappa shape index (κ2) is 8.73. The Labute approximate surface area is 203 Å². The summed E-state index contributed by atoms with van der Waals surface area (Å²) >= 11 is 1.63. The molecule has 1 atom stereocenters. The number of thiazole rings is 1. The van der Waals surface area contributed by atoms with Gasteiger partial charge in [0, 0.05) is 18.2 Å². The Morgan fingerprint density at radius 3 is 2.51 bits per heavy atom. The lowest BCUT2D eigenvalue weighted by Gasteiger charge is -2.21. The van der Waals surface area contributed by atoms with Crippen LogP contribution in [0.5, 0.6) is 0 Å². The molecule has 1 aromatic heterocycles. The number of imide groups is 1. The van der Waals surface area contributed by atoms with Crippen LogP contribution in [0.25, 0.3) is 10.2 Å². The normalized spacial score (nSPS) is 13.7. The van der Waals surface area contributed by atoms with Crippen LogP contribution in [0, 0.1) is 10.1 Å². The molecular formula is C25H18N4O5S. The van der Waals surface area contributed by atoms with Crippen LogP contribution in [0.1, 0.15) is 38.2 Å². The number of nitro benzene ring substituents is 1. The van der Waals surface area contributed by atoms with Crippen molar-refractivity contribution >= 4 is 50.6 Å². The molecular weight excluding hydrogens is 468 g/mol. The van der Waals surface area contributed by atoms with Gasteiger partial charge in [-0.1, -0.05) is 30.3 Å². The van der Waals surface area contributed by atoms with Gasteiger partial charge >= 0.3 is 0 Å². The van der Waals surface area contributed by atoms with Crippen molar-refractivity contribution in [1.82, 2.24) is 9.88 Å². The molecule has 35 heavy (non-hydrogen) atoms. The van der Waals surface area contributed by atoms with Gasteiger partial charge in [-0.3, -0.25) is 29.4 Å². The van der Waals surface area contributed by atoms with Crippen LogP contribution in [0.3, 0.4) is 0 Å². The lowest BCUT2D eigenvalue weighted by Crippen LogP contribution is -2.45. The van der Waals surface area contributed by atoms with Crippen molar-refractivity contribution in [2.75, 3.05) is 5.32 Å². The Hall–Kier alpha value is -4.44. The van der Waals surface area contributed by atoms with E-state index in [1.165, 1.54) is 19.1 Å². The standard InChI is InChI=1S/C25H18N4O5S/c1-14(28-24(31)17-5-4-7-19(29(33)34)22(17)25(28)32)23(30)26-16-11-9-15(10-12-16)13-21-27-18-6-2-3-8-20(18)35-21/h2-12,14H,13H2,1H3,(H,26,30)/t14-/m0/s1. The van der Waals surface area contributed by atoms with E-state index in [2.05, 4.69) is 10.3 Å². The molecule has 0 aliphatic carbocycles. The highest BCUT2D eigenvalue weighted by atomic mass is 32.1. The number of rotatable bonds is 6. The molecule has 4 aromatic rings. The van der Waals surface area contributed by atoms with Gasteiger partial charge in [-0.25, -0.2) is 4.98 Å². The first kappa shape index (κ1) is 22.4. The molecule has 174 valence electrons. The maximum absolute atomic E-state index is 12.8. The minimum absolute atomic E-state index is 0.0805. The third kappa shape index (κ3) is 4.04. The molecule has 0 saturated heterocycles. The molecule has 0 fully saturated rings. The molecule has 10 heteroatoms. The Balaban J connectivity index is 1.28. The third-order valence-corrected chi connectivity index (χ3v) is 6.84. The Kier molecular flexibility index (Phi) is 5.58. The summed E-state index contributed by atoms with van der Waals surface area (Å²) in [6.45, 7) is 1.41. The van der Waals surface area contributed by atoms with E-state index >= 15 is 0 Å². The zero-order valence-corrected chi connectivity index (χ0v) is 19.2. The number of aromatic nitrogens is 1. The zero-order valence-electron chi connectivity index (χ0n) is 18.4. The number of hydrogen-bond acceptors (Lipinski definition) is 7. The predicted octanol–water partition coefficient (Wildman–Crippen LogP) is 4.42. The topological polar surface area (TPSA) is 123 Å². The van der Waals surface area contributed by atoms with E-state index in [9.17, 15) is 24.5 Å². The molecule has 2 heterocycles. The van der Waals surface area contributed by atoms with Crippen LogP contribution in [0.4, 0.5) is 11.4 Å². The van der Waals surface area contributed by atoms with E-state index in [0.29, 0.717) is 12.1 Å². The van der Waals surface area contributed by atoms with Gasteiger partial charge in [0.05, 0.1) is 25.7 Å². The molecule has 3 amide bonds. The second-order valence-corrected chi connectivity index (χ2v) is 9.17. The highest BCUT2D eigenvalue weighted by molar-refractivity contribution is 7.18. The summed E-state index contributed by atoms with van der Waals surface area (Å²) in [6.07, 6.45) is 0.651. The fraction of sp³-hybridized carbons (Fsp3) is 0.120. The average Bonchev–Trinajstić information content (AvgIpc) is 3.37. The number of fused-ring (bicyclic) bond motifs is 2. The number of anilines is 1. The fourth-order valence-electron chi connectivity index (χ4n) is 4.03. The van der Waals surface area contributed by atoms with Crippen LogP contribution in [0.15, 0.2) is 66.7 Å². The van der Waals surface area contributed by atoms with Gasteiger partial charge in [-0.15, -0.1) is 11.3 Å². The second-order valence-electron chi connectivity index (χ2n) is 8.05. The van der Waals surface area contributed by atoms with Crippen molar-refractivity contribution in [3.05, 3.63) is 98.5 Å². The minimum atomic E-state index is -1.16. The van der Waals surface area contributed by atoms with E-state index in [0.717, 1.165) is 31.8 Å². The van der Waals surface area contributed by atoms with E-state index in [-0.39, 0.29) is 11.1 Å². The number of hydrogen-bond donors (Lipinski definition) is 1. The fourth-order valence-corrected chi connectivity index (χ4v) is 5.03. The Morgan fingerprint density at radius 2 is 1.80 bits per heavy atom. The average molecular weight is 487 g/mol. The van der Waals surface area contributed by atoms with Gasteiger partial charge in [0.1, 0.15) is 11.6 Å². The number of amides is 3. The van der Waals surface area contributed by atoms with Crippen molar-refractivity contribution in [3.63, 3.8) is 0 Å². The summed E-state index contributed by atoms with van der Waals surface area (Å²) < 4.78 is 1.12. The first-order chi connectivity index (χ1) is 16.8. The number of nitro groups is 1. The summed E-state index contributed by atoms with van der Waals surface area (Å²) in [5.74, 6) is -2.17. The van der Waals surface area contributed by atoms with Crippen LogP contribution in [-0.4, -0.2) is 38.6 Å². The number of nitrogens with one attached hydrogen (secondary N) is 1.